The summed E-state index contributed by atoms with van der Waals surface area (Å²) in [5, 5.41) is 0. The second-order valence-electron chi connectivity index (χ2n) is 4.54. The molecule has 0 spiro atoms. The van der Waals surface area contributed by atoms with Crippen LogP contribution >= 0.6 is 0 Å². The van der Waals surface area contributed by atoms with E-state index in [1.54, 1.807) is 12.1 Å². The second-order valence-corrected chi connectivity index (χ2v) is 6.16. The van der Waals surface area contributed by atoms with E-state index >= 15 is 0 Å². The third-order valence-electron chi connectivity index (χ3n) is 2.97. The number of hydrogen-bond acceptors (Lipinski definition) is 3. The molecule has 0 aliphatic heterocycles. The van der Waals surface area contributed by atoms with Crippen molar-refractivity contribution >= 4 is 10.1 Å². The van der Waals surface area contributed by atoms with Crippen molar-refractivity contribution in [3.63, 3.8) is 0 Å². The van der Waals surface area contributed by atoms with Gasteiger partial charge < -0.3 is 0 Å². The summed E-state index contributed by atoms with van der Waals surface area (Å²) in [6.45, 7) is 1.64. The van der Waals surface area contributed by atoms with Crippen LogP contribution in [0.4, 0.5) is 8.78 Å². The molecule has 0 saturated heterocycles. The van der Waals surface area contributed by atoms with Crippen molar-refractivity contribution in [2.45, 2.75) is 30.6 Å². The summed E-state index contributed by atoms with van der Waals surface area (Å²) < 4.78 is 53.3. The average Bonchev–Trinajstić information content (AvgIpc) is 2.87. The van der Waals surface area contributed by atoms with Gasteiger partial charge in [0, 0.05) is 12.3 Å². The van der Waals surface area contributed by atoms with E-state index in [2.05, 4.69) is 0 Å². The quantitative estimate of drug-likeness (QED) is 0.777. The van der Waals surface area contributed by atoms with Crippen LogP contribution in [0.15, 0.2) is 29.2 Å². The lowest BCUT2D eigenvalue weighted by molar-refractivity contribution is 0.0932. The van der Waals surface area contributed by atoms with Crippen LogP contribution in [0.1, 0.15) is 18.4 Å². The topological polar surface area (TPSA) is 43.4 Å². The summed E-state index contributed by atoms with van der Waals surface area (Å²) in [6.07, 6.45) is -0.0982. The summed E-state index contributed by atoms with van der Waals surface area (Å²) in [5.41, 5.74) is 0.937. The van der Waals surface area contributed by atoms with Crippen LogP contribution in [0, 0.1) is 12.8 Å². The van der Waals surface area contributed by atoms with E-state index < -0.39 is 22.0 Å². The van der Waals surface area contributed by atoms with E-state index in [0.717, 1.165) is 5.56 Å². The zero-order valence-electron chi connectivity index (χ0n) is 9.90. The first kappa shape index (κ1) is 13.4. The lowest BCUT2D eigenvalue weighted by Gasteiger charge is -2.05. The Hall–Kier alpha value is -1.01. The Labute approximate surface area is 105 Å². The molecule has 0 heterocycles. The number of benzene rings is 1. The van der Waals surface area contributed by atoms with Gasteiger partial charge in [-0.05, 0) is 25.5 Å². The fourth-order valence-corrected chi connectivity index (χ4v) is 2.58. The largest absolute Gasteiger partial charge is 0.296 e. The van der Waals surface area contributed by atoms with Crippen molar-refractivity contribution in [2.24, 2.45) is 5.92 Å². The van der Waals surface area contributed by atoms with Gasteiger partial charge in [-0.2, -0.15) is 8.42 Å². The molecule has 1 fully saturated rings. The number of halogens is 2. The summed E-state index contributed by atoms with van der Waals surface area (Å²) in [5.74, 6) is -3.36. The van der Waals surface area contributed by atoms with E-state index in [-0.39, 0.29) is 24.3 Å². The predicted molar refractivity (Wildman–Crippen MR) is 62.0 cm³/mol. The Bertz CT molecular complexity index is 523. The lowest BCUT2D eigenvalue weighted by Crippen LogP contribution is -2.09. The van der Waals surface area contributed by atoms with Crippen LogP contribution in [-0.4, -0.2) is 20.9 Å². The molecular weight excluding hydrogens is 262 g/mol. The van der Waals surface area contributed by atoms with Crippen LogP contribution in [0.2, 0.25) is 0 Å². The number of alkyl halides is 2. The summed E-state index contributed by atoms with van der Waals surface area (Å²) >= 11 is 0. The van der Waals surface area contributed by atoms with E-state index in [9.17, 15) is 17.2 Å². The molecule has 18 heavy (non-hydrogen) atoms. The van der Waals surface area contributed by atoms with Gasteiger partial charge in [0.1, 0.15) is 0 Å². The third-order valence-corrected chi connectivity index (χ3v) is 4.30. The SMILES string of the molecule is Cc1ccc(S(=O)(=O)OCCC2CC2(F)F)cc1. The van der Waals surface area contributed by atoms with Crippen LogP contribution in [0.25, 0.3) is 0 Å². The first-order valence-electron chi connectivity index (χ1n) is 5.65. The normalized spacial score (nSPS) is 21.8. The van der Waals surface area contributed by atoms with Crippen LogP contribution < -0.4 is 0 Å². The van der Waals surface area contributed by atoms with E-state index in [0.29, 0.717) is 0 Å². The minimum Gasteiger partial charge on any atom is -0.266 e. The molecule has 0 bridgehead atoms. The average molecular weight is 276 g/mol. The smallest absolute Gasteiger partial charge is 0.266 e. The van der Waals surface area contributed by atoms with E-state index in [1.807, 2.05) is 6.92 Å². The van der Waals surface area contributed by atoms with Crippen molar-refractivity contribution in [2.75, 3.05) is 6.61 Å². The highest BCUT2D eigenvalue weighted by Gasteiger charge is 2.56. The van der Waals surface area contributed by atoms with Gasteiger partial charge in [0.05, 0.1) is 11.5 Å². The highest BCUT2D eigenvalue weighted by molar-refractivity contribution is 7.86. The number of rotatable bonds is 5. The third kappa shape index (κ3) is 3.05. The zero-order chi connectivity index (χ0) is 13.4. The van der Waals surface area contributed by atoms with Crippen LogP contribution in [0.3, 0.4) is 0 Å². The van der Waals surface area contributed by atoms with E-state index in [1.165, 1.54) is 12.1 Å². The van der Waals surface area contributed by atoms with Crippen LogP contribution in [0.5, 0.6) is 0 Å². The summed E-state index contributed by atoms with van der Waals surface area (Å²) in [4.78, 5) is 0.0515. The zero-order valence-corrected chi connectivity index (χ0v) is 10.7. The molecule has 1 aliphatic carbocycles. The van der Waals surface area contributed by atoms with Gasteiger partial charge in [-0.15, -0.1) is 0 Å². The molecule has 2 rings (SSSR count). The fourth-order valence-electron chi connectivity index (χ4n) is 1.66. The highest BCUT2D eigenvalue weighted by Crippen LogP contribution is 2.50. The van der Waals surface area contributed by atoms with Gasteiger partial charge in [0.25, 0.3) is 16.0 Å². The van der Waals surface area contributed by atoms with Gasteiger partial charge in [0.15, 0.2) is 0 Å². The fraction of sp³-hybridized carbons (Fsp3) is 0.500. The van der Waals surface area contributed by atoms with Crippen molar-refractivity contribution in [3.8, 4) is 0 Å². The van der Waals surface area contributed by atoms with E-state index in [4.69, 9.17) is 4.18 Å². The maximum absolute atomic E-state index is 12.6. The Morgan fingerprint density at radius 3 is 2.39 bits per heavy atom. The second kappa shape index (κ2) is 4.59. The number of hydrogen-bond donors (Lipinski definition) is 0. The van der Waals surface area contributed by atoms with Gasteiger partial charge in [-0.25, -0.2) is 8.78 Å². The van der Waals surface area contributed by atoms with Crippen molar-refractivity contribution in [1.29, 1.82) is 0 Å². The number of aryl methyl sites for hydroxylation is 1. The van der Waals surface area contributed by atoms with Crippen molar-refractivity contribution in [3.05, 3.63) is 29.8 Å². The van der Waals surface area contributed by atoms with Gasteiger partial charge in [-0.3, -0.25) is 4.18 Å². The van der Waals surface area contributed by atoms with Crippen molar-refractivity contribution in [1.82, 2.24) is 0 Å². The molecule has 100 valence electrons. The summed E-state index contributed by atoms with van der Waals surface area (Å²) in [6, 6.07) is 6.20. The molecule has 6 heteroatoms. The Balaban J connectivity index is 1.90. The maximum Gasteiger partial charge on any atom is 0.296 e. The van der Waals surface area contributed by atoms with Gasteiger partial charge in [0.2, 0.25) is 0 Å². The minimum absolute atomic E-state index is 0.0515. The minimum atomic E-state index is -3.83. The van der Waals surface area contributed by atoms with Gasteiger partial charge in [-0.1, -0.05) is 17.7 Å². The van der Waals surface area contributed by atoms with Crippen LogP contribution in [-0.2, 0) is 14.3 Å². The molecule has 1 atom stereocenters. The molecular formula is C12H14F2O3S. The van der Waals surface area contributed by atoms with Crippen molar-refractivity contribution < 1.29 is 21.4 Å². The molecule has 0 N–H and O–H groups in total. The first-order chi connectivity index (χ1) is 8.31. The highest BCUT2D eigenvalue weighted by atomic mass is 32.2. The monoisotopic (exact) mass is 276 g/mol. The molecule has 1 unspecified atom stereocenters. The maximum atomic E-state index is 12.6. The molecule has 0 amide bonds. The first-order valence-corrected chi connectivity index (χ1v) is 7.06. The predicted octanol–water partition coefficient (Wildman–Crippen LogP) is 2.75. The Morgan fingerprint density at radius 1 is 1.33 bits per heavy atom. The molecule has 1 saturated carbocycles. The molecule has 0 aromatic heterocycles. The Kier molecular flexibility index (Phi) is 3.42. The molecule has 1 aromatic rings. The standard InChI is InChI=1S/C12H14F2O3S/c1-9-2-4-11(5-3-9)18(15,16)17-7-6-10-8-12(10,13)14/h2-5,10H,6-8H2,1H3. The Morgan fingerprint density at radius 2 is 1.89 bits per heavy atom. The molecule has 3 nitrogen and oxygen atoms in total. The lowest BCUT2D eigenvalue weighted by atomic mass is 10.2. The molecule has 0 radical (unpaired) electrons. The molecule has 1 aliphatic rings. The summed E-state index contributed by atoms with van der Waals surface area (Å²) in [7, 11) is -3.83. The molecule has 1 aromatic carbocycles. The van der Waals surface area contributed by atoms with Gasteiger partial charge >= 0.3 is 0 Å².